The number of thioether (sulfide) groups is 1. The van der Waals surface area contributed by atoms with E-state index in [2.05, 4.69) is 5.16 Å². The number of carbonyl (C=O) groups excluding carboxylic acids is 1. The van der Waals surface area contributed by atoms with Gasteiger partial charge in [-0.05, 0) is 31.5 Å². The standard InChI is InChI=1S/C18H22N2O3S/c1-13-17(14(2)23-19-13)12-22-16-5-3-15(4-6-16)11-18(21)20-7-9-24-10-8-20/h3-6H,7-12H2,1-2H3. The number of aryl methyl sites for hydroxylation is 2. The molecule has 1 aromatic carbocycles. The van der Waals surface area contributed by atoms with Gasteiger partial charge in [-0.1, -0.05) is 17.3 Å². The van der Waals surface area contributed by atoms with Gasteiger partial charge in [-0.3, -0.25) is 4.79 Å². The summed E-state index contributed by atoms with van der Waals surface area (Å²) < 4.78 is 10.9. The van der Waals surface area contributed by atoms with Crippen molar-refractivity contribution in [1.82, 2.24) is 10.1 Å². The second kappa shape index (κ2) is 7.75. The van der Waals surface area contributed by atoms with Gasteiger partial charge in [0.15, 0.2) is 0 Å². The van der Waals surface area contributed by atoms with Crippen molar-refractivity contribution in [2.45, 2.75) is 26.9 Å². The molecule has 6 heteroatoms. The van der Waals surface area contributed by atoms with E-state index >= 15 is 0 Å². The van der Waals surface area contributed by atoms with Crippen molar-refractivity contribution in [3.63, 3.8) is 0 Å². The van der Waals surface area contributed by atoms with Crippen LogP contribution in [0.1, 0.15) is 22.6 Å². The van der Waals surface area contributed by atoms with Crippen molar-refractivity contribution < 1.29 is 14.1 Å². The molecular formula is C18H22N2O3S. The second-order valence-corrected chi connectivity index (χ2v) is 7.13. The number of benzene rings is 1. The molecule has 0 unspecified atom stereocenters. The van der Waals surface area contributed by atoms with E-state index in [1.807, 2.05) is 54.8 Å². The lowest BCUT2D eigenvalue weighted by Crippen LogP contribution is -2.38. The zero-order valence-electron chi connectivity index (χ0n) is 14.1. The summed E-state index contributed by atoms with van der Waals surface area (Å²) in [4.78, 5) is 14.2. The minimum Gasteiger partial charge on any atom is -0.489 e. The van der Waals surface area contributed by atoms with E-state index in [9.17, 15) is 4.79 Å². The topological polar surface area (TPSA) is 55.6 Å². The molecule has 0 aliphatic carbocycles. The highest BCUT2D eigenvalue weighted by molar-refractivity contribution is 7.99. The maximum Gasteiger partial charge on any atom is 0.227 e. The molecule has 0 spiro atoms. The fraction of sp³-hybridized carbons (Fsp3) is 0.444. The molecule has 128 valence electrons. The summed E-state index contributed by atoms with van der Waals surface area (Å²) in [6.07, 6.45) is 0.453. The van der Waals surface area contributed by atoms with Gasteiger partial charge in [-0.15, -0.1) is 0 Å². The highest BCUT2D eigenvalue weighted by atomic mass is 32.2. The van der Waals surface area contributed by atoms with E-state index in [-0.39, 0.29) is 5.91 Å². The zero-order valence-corrected chi connectivity index (χ0v) is 14.9. The van der Waals surface area contributed by atoms with Crippen LogP contribution in [0.2, 0.25) is 0 Å². The Morgan fingerprint density at radius 2 is 1.96 bits per heavy atom. The third-order valence-corrected chi connectivity index (χ3v) is 5.15. The van der Waals surface area contributed by atoms with E-state index in [0.717, 1.165) is 52.9 Å². The Morgan fingerprint density at radius 1 is 1.25 bits per heavy atom. The van der Waals surface area contributed by atoms with E-state index in [0.29, 0.717) is 13.0 Å². The molecule has 1 saturated heterocycles. The molecule has 1 aliphatic rings. The first-order valence-corrected chi connectivity index (χ1v) is 9.28. The third-order valence-electron chi connectivity index (χ3n) is 4.21. The van der Waals surface area contributed by atoms with Crippen molar-refractivity contribution in [1.29, 1.82) is 0 Å². The van der Waals surface area contributed by atoms with Crippen molar-refractivity contribution in [3.05, 3.63) is 46.8 Å². The summed E-state index contributed by atoms with van der Waals surface area (Å²) in [5.74, 6) is 3.86. The smallest absolute Gasteiger partial charge is 0.227 e. The van der Waals surface area contributed by atoms with Gasteiger partial charge in [0.2, 0.25) is 5.91 Å². The molecule has 24 heavy (non-hydrogen) atoms. The third kappa shape index (κ3) is 4.12. The molecule has 1 fully saturated rings. The lowest BCUT2D eigenvalue weighted by Gasteiger charge is -2.26. The summed E-state index contributed by atoms with van der Waals surface area (Å²) in [6.45, 7) is 5.95. The summed E-state index contributed by atoms with van der Waals surface area (Å²) in [6, 6.07) is 7.73. The van der Waals surface area contributed by atoms with Crippen LogP contribution in [-0.4, -0.2) is 40.6 Å². The van der Waals surface area contributed by atoms with E-state index in [1.165, 1.54) is 0 Å². The molecule has 1 amide bonds. The lowest BCUT2D eigenvalue weighted by molar-refractivity contribution is -0.130. The number of rotatable bonds is 5. The minimum absolute atomic E-state index is 0.208. The number of hydrogen-bond donors (Lipinski definition) is 0. The Bertz CT molecular complexity index is 671. The molecule has 1 aliphatic heterocycles. The van der Waals surface area contributed by atoms with Gasteiger partial charge in [0.25, 0.3) is 0 Å². The Morgan fingerprint density at radius 3 is 2.58 bits per heavy atom. The van der Waals surface area contributed by atoms with E-state index in [1.54, 1.807) is 0 Å². The van der Waals surface area contributed by atoms with Gasteiger partial charge >= 0.3 is 0 Å². The van der Waals surface area contributed by atoms with Crippen molar-refractivity contribution in [2.24, 2.45) is 0 Å². The largest absolute Gasteiger partial charge is 0.489 e. The van der Waals surface area contributed by atoms with Crippen LogP contribution in [0.5, 0.6) is 5.75 Å². The monoisotopic (exact) mass is 346 g/mol. The number of ether oxygens (including phenoxy) is 1. The fourth-order valence-electron chi connectivity index (χ4n) is 2.67. The van der Waals surface area contributed by atoms with Gasteiger partial charge in [0, 0.05) is 24.6 Å². The van der Waals surface area contributed by atoms with Gasteiger partial charge in [0.1, 0.15) is 18.1 Å². The minimum atomic E-state index is 0.208. The summed E-state index contributed by atoms with van der Waals surface area (Å²) >= 11 is 1.91. The number of amides is 1. The van der Waals surface area contributed by atoms with Crippen LogP contribution in [0, 0.1) is 13.8 Å². The maximum atomic E-state index is 12.3. The Hall–Kier alpha value is -1.95. The predicted octanol–water partition coefficient (Wildman–Crippen LogP) is 2.99. The predicted molar refractivity (Wildman–Crippen MR) is 94.4 cm³/mol. The van der Waals surface area contributed by atoms with Crippen LogP contribution in [-0.2, 0) is 17.8 Å². The Kier molecular flexibility index (Phi) is 5.45. The average Bonchev–Trinajstić information content (AvgIpc) is 2.93. The lowest BCUT2D eigenvalue weighted by atomic mass is 10.1. The SMILES string of the molecule is Cc1noc(C)c1COc1ccc(CC(=O)N2CCSCC2)cc1. The maximum absolute atomic E-state index is 12.3. The molecule has 0 N–H and O–H groups in total. The molecule has 0 saturated carbocycles. The van der Waals surface area contributed by atoms with E-state index in [4.69, 9.17) is 9.26 Å². The highest BCUT2D eigenvalue weighted by Crippen LogP contribution is 2.18. The molecule has 3 rings (SSSR count). The summed E-state index contributed by atoms with van der Waals surface area (Å²) in [7, 11) is 0. The van der Waals surface area contributed by atoms with Crippen LogP contribution in [0.15, 0.2) is 28.8 Å². The molecule has 5 nitrogen and oxygen atoms in total. The quantitative estimate of drug-likeness (QED) is 0.833. The molecule has 1 aromatic heterocycles. The van der Waals surface area contributed by atoms with Gasteiger partial charge in [-0.2, -0.15) is 11.8 Å². The van der Waals surface area contributed by atoms with Crippen LogP contribution in [0.25, 0.3) is 0 Å². The molecule has 2 heterocycles. The Balaban J connectivity index is 1.54. The van der Waals surface area contributed by atoms with Gasteiger partial charge in [0.05, 0.1) is 17.7 Å². The van der Waals surface area contributed by atoms with Crippen LogP contribution in [0.3, 0.4) is 0 Å². The first kappa shape index (κ1) is 16.9. The van der Waals surface area contributed by atoms with Gasteiger partial charge in [-0.25, -0.2) is 0 Å². The van der Waals surface area contributed by atoms with Crippen molar-refractivity contribution in [3.8, 4) is 5.75 Å². The zero-order chi connectivity index (χ0) is 16.9. The van der Waals surface area contributed by atoms with Crippen molar-refractivity contribution in [2.75, 3.05) is 24.6 Å². The fourth-order valence-corrected chi connectivity index (χ4v) is 3.57. The van der Waals surface area contributed by atoms with Crippen molar-refractivity contribution >= 4 is 17.7 Å². The molecule has 2 aromatic rings. The van der Waals surface area contributed by atoms with E-state index < -0.39 is 0 Å². The number of hydrogen-bond acceptors (Lipinski definition) is 5. The van der Waals surface area contributed by atoms with Crippen LogP contribution < -0.4 is 4.74 Å². The molecular weight excluding hydrogens is 324 g/mol. The number of carbonyl (C=O) groups is 1. The first-order valence-electron chi connectivity index (χ1n) is 8.12. The second-order valence-electron chi connectivity index (χ2n) is 5.91. The van der Waals surface area contributed by atoms with Gasteiger partial charge < -0.3 is 14.2 Å². The highest BCUT2D eigenvalue weighted by Gasteiger charge is 2.17. The summed E-state index contributed by atoms with van der Waals surface area (Å²) in [5, 5.41) is 3.92. The van der Waals surface area contributed by atoms with Crippen LogP contribution >= 0.6 is 11.8 Å². The first-order chi connectivity index (χ1) is 11.6. The molecule has 0 radical (unpaired) electrons. The number of nitrogens with zero attached hydrogens (tertiary/aromatic N) is 2. The normalized spacial score (nSPS) is 14.7. The molecule has 0 bridgehead atoms. The number of aromatic nitrogens is 1. The summed E-state index contributed by atoms with van der Waals surface area (Å²) in [5.41, 5.74) is 2.86. The Labute approximate surface area is 146 Å². The van der Waals surface area contributed by atoms with Crippen LogP contribution in [0.4, 0.5) is 0 Å². The molecule has 0 atom stereocenters. The average molecular weight is 346 g/mol.